The van der Waals surface area contributed by atoms with E-state index in [1.54, 1.807) is 18.5 Å². The second kappa shape index (κ2) is 5.79. The highest BCUT2D eigenvalue weighted by Crippen LogP contribution is 2.27. The van der Waals surface area contributed by atoms with Crippen molar-refractivity contribution in [2.24, 2.45) is 0 Å². The summed E-state index contributed by atoms with van der Waals surface area (Å²) in [7, 11) is 0. The lowest BCUT2D eigenvalue weighted by Gasteiger charge is -2.07. The van der Waals surface area contributed by atoms with Crippen LogP contribution in [-0.2, 0) is 0 Å². The third kappa shape index (κ3) is 2.45. The number of hydrogen-bond acceptors (Lipinski definition) is 5. The van der Waals surface area contributed by atoms with Crippen LogP contribution in [0.3, 0.4) is 0 Å². The van der Waals surface area contributed by atoms with Gasteiger partial charge in [0.05, 0.1) is 5.69 Å². The standard InChI is InChI=1S/C15H9ClN4OS/c1-22-15-19-12(11(7-17)14(21)20-15)9-2-3-10-8(6-9)4-5-18-13(10)16/h2-6H,1H3,(H,19,20,21). The van der Waals surface area contributed by atoms with Crippen molar-refractivity contribution in [3.63, 3.8) is 0 Å². The zero-order valence-corrected chi connectivity index (χ0v) is 13.0. The number of aromatic amines is 1. The Morgan fingerprint density at radius 2 is 2.18 bits per heavy atom. The van der Waals surface area contributed by atoms with Crippen molar-refractivity contribution in [2.45, 2.75) is 5.16 Å². The van der Waals surface area contributed by atoms with Crippen LogP contribution in [0.2, 0.25) is 5.15 Å². The number of H-pyrrole nitrogens is 1. The molecule has 0 aliphatic rings. The van der Waals surface area contributed by atoms with Gasteiger partial charge < -0.3 is 4.98 Å². The number of thioether (sulfide) groups is 1. The van der Waals surface area contributed by atoms with E-state index in [2.05, 4.69) is 15.0 Å². The summed E-state index contributed by atoms with van der Waals surface area (Å²) in [6.45, 7) is 0. The van der Waals surface area contributed by atoms with Crippen LogP contribution in [0.4, 0.5) is 0 Å². The van der Waals surface area contributed by atoms with Crippen LogP contribution in [0.15, 0.2) is 40.4 Å². The van der Waals surface area contributed by atoms with Crippen LogP contribution in [0.5, 0.6) is 0 Å². The predicted octanol–water partition coefficient (Wildman–Crippen LogP) is 3.23. The Labute approximate surface area is 135 Å². The van der Waals surface area contributed by atoms with E-state index in [4.69, 9.17) is 11.6 Å². The van der Waals surface area contributed by atoms with E-state index in [1.165, 1.54) is 11.8 Å². The Bertz CT molecular complexity index is 977. The van der Waals surface area contributed by atoms with E-state index in [9.17, 15) is 10.1 Å². The lowest BCUT2D eigenvalue weighted by Crippen LogP contribution is -2.14. The molecule has 3 aromatic rings. The Morgan fingerprint density at radius 1 is 1.36 bits per heavy atom. The van der Waals surface area contributed by atoms with Gasteiger partial charge in [-0.2, -0.15) is 5.26 Å². The molecule has 0 spiro atoms. The molecule has 2 aromatic heterocycles. The molecule has 3 rings (SSSR count). The number of nitriles is 1. The minimum Gasteiger partial charge on any atom is -0.300 e. The molecule has 0 saturated carbocycles. The summed E-state index contributed by atoms with van der Waals surface area (Å²) in [6, 6.07) is 9.17. The fraction of sp³-hybridized carbons (Fsp3) is 0.0667. The molecule has 22 heavy (non-hydrogen) atoms. The maximum Gasteiger partial charge on any atom is 0.270 e. The lowest BCUT2D eigenvalue weighted by molar-refractivity contribution is 0.938. The highest BCUT2D eigenvalue weighted by atomic mass is 35.5. The molecule has 2 heterocycles. The topological polar surface area (TPSA) is 82.4 Å². The Hall–Kier alpha value is -2.36. The van der Waals surface area contributed by atoms with Crippen molar-refractivity contribution >= 4 is 34.1 Å². The van der Waals surface area contributed by atoms with Gasteiger partial charge in [0, 0.05) is 17.1 Å². The lowest BCUT2D eigenvalue weighted by atomic mass is 10.0. The van der Waals surface area contributed by atoms with Crippen molar-refractivity contribution in [3.8, 4) is 17.3 Å². The fourth-order valence-electron chi connectivity index (χ4n) is 2.15. The minimum atomic E-state index is -0.440. The van der Waals surface area contributed by atoms with Crippen LogP contribution in [-0.4, -0.2) is 21.2 Å². The van der Waals surface area contributed by atoms with E-state index in [1.807, 2.05) is 24.3 Å². The highest BCUT2D eigenvalue weighted by molar-refractivity contribution is 7.98. The van der Waals surface area contributed by atoms with Crippen molar-refractivity contribution in [1.82, 2.24) is 15.0 Å². The third-order valence-corrected chi connectivity index (χ3v) is 4.07. The molecule has 5 nitrogen and oxygen atoms in total. The zero-order chi connectivity index (χ0) is 15.7. The number of halogens is 1. The number of hydrogen-bond donors (Lipinski definition) is 1. The van der Waals surface area contributed by atoms with Crippen LogP contribution >= 0.6 is 23.4 Å². The summed E-state index contributed by atoms with van der Waals surface area (Å²) < 4.78 is 0. The predicted molar refractivity (Wildman–Crippen MR) is 87.1 cm³/mol. The van der Waals surface area contributed by atoms with Crippen molar-refractivity contribution in [2.75, 3.05) is 6.26 Å². The molecule has 0 unspecified atom stereocenters. The number of nitrogens with one attached hydrogen (secondary N) is 1. The average Bonchev–Trinajstić information content (AvgIpc) is 2.54. The van der Waals surface area contributed by atoms with Gasteiger partial charge in [0.25, 0.3) is 5.56 Å². The van der Waals surface area contributed by atoms with Crippen molar-refractivity contribution < 1.29 is 0 Å². The fourth-order valence-corrected chi connectivity index (χ4v) is 2.76. The Kier molecular flexibility index (Phi) is 3.84. The molecular formula is C15H9ClN4OS. The van der Waals surface area contributed by atoms with Gasteiger partial charge in [0.1, 0.15) is 16.8 Å². The smallest absolute Gasteiger partial charge is 0.270 e. The van der Waals surface area contributed by atoms with Gasteiger partial charge in [-0.05, 0) is 23.8 Å². The molecule has 108 valence electrons. The summed E-state index contributed by atoms with van der Waals surface area (Å²) in [4.78, 5) is 22.9. The summed E-state index contributed by atoms with van der Waals surface area (Å²) in [6.07, 6.45) is 3.41. The summed E-state index contributed by atoms with van der Waals surface area (Å²) in [5.41, 5.74) is 0.611. The molecule has 7 heteroatoms. The monoisotopic (exact) mass is 328 g/mol. The first kappa shape index (κ1) is 14.6. The summed E-state index contributed by atoms with van der Waals surface area (Å²) in [5.74, 6) is 0. The van der Waals surface area contributed by atoms with Crippen LogP contribution in [0, 0.1) is 11.3 Å². The summed E-state index contributed by atoms with van der Waals surface area (Å²) >= 11 is 7.36. The molecule has 1 aromatic carbocycles. The molecule has 0 aliphatic heterocycles. The molecule has 0 fully saturated rings. The largest absolute Gasteiger partial charge is 0.300 e. The first-order chi connectivity index (χ1) is 10.6. The number of rotatable bonds is 2. The maximum absolute atomic E-state index is 12.0. The number of pyridine rings is 1. The van der Waals surface area contributed by atoms with E-state index >= 15 is 0 Å². The first-order valence-corrected chi connectivity index (χ1v) is 7.87. The molecule has 0 amide bonds. The first-order valence-electron chi connectivity index (χ1n) is 6.27. The molecule has 0 radical (unpaired) electrons. The average molecular weight is 329 g/mol. The van der Waals surface area contributed by atoms with E-state index in [-0.39, 0.29) is 5.56 Å². The van der Waals surface area contributed by atoms with Crippen LogP contribution in [0.1, 0.15) is 5.56 Å². The Balaban J connectivity index is 2.30. The Morgan fingerprint density at radius 3 is 2.91 bits per heavy atom. The van der Waals surface area contributed by atoms with Gasteiger partial charge in [0.15, 0.2) is 5.16 Å². The van der Waals surface area contributed by atoms with E-state index in [0.29, 0.717) is 21.6 Å². The molecule has 0 saturated heterocycles. The second-order valence-electron chi connectivity index (χ2n) is 4.45. The maximum atomic E-state index is 12.0. The molecule has 0 atom stereocenters. The minimum absolute atomic E-state index is 0.00250. The number of aromatic nitrogens is 3. The van der Waals surface area contributed by atoms with Crippen LogP contribution in [0.25, 0.3) is 22.0 Å². The van der Waals surface area contributed by atoms with Gasteiger partial charge in [0.2, 0.25) is 0 Å². The van der Waals surface area contributed by atoms with Gasteiger partial charge in [-0.3, -0.25) is 4.79 Å². The zero-order valence-electron chi connectivity index (χ0n) is 11.4. The molecular weight excluding hydrogens is 320 g/mol. The number of fused-ring (bicyclic) bond motifs is 1. The number of benzene rings is 1. The molecule has 1 N–H and O–H groups in total. The summed E-state index contributed by atoms with van der Waals surface area (Å²) in [5, 5.41) is 11.8. The SMILES string of the molecule is CSc1nc(-c2ccc3c(Cl)nccc3c2)c(C#N)c(=O)[nH]1. The van der Waals surface area contributed by atoms with E-state index in [0.717, 1.165) is 10.8 Å². The van der Waals surface area contributed by atoms with E-state index < -0.39 is 5.56 Å². The van der Waals surface area contributed by atoms with Gasteiger partial charge >= 0.3 is 0 Å². The van der Waals surface area contributed by atoms with Crippen molar-refractivity contribution in [1.29, 1.82) is 5.26 Å². The molecule has 0 aliphatic carbocycles. The highest BCUT2D eigenvalue weighted by Gasteiger charge is 2.14. The van der Waals surface area contributed by atoms with Gasteiger partial charge in [-0.25, -0.2) is 9.97 Å². The van der Waals surface area contributed by atoms with Crippen molar-refractivity contribution in [3.05, 3.63) is 51.5 Å². The normalized spacial score (nSPS) is 10.6. The van der Waals surface area contributed by atoms with Crippen LogP contribution < -0.4 is 5.56 Å². The van der Waals surface area contributed by atoms with Gasteiger partial charge in [-0.1, -0.05) is 35.5 Å². The number of nitrogens with zero attached hydrogens (tertiary/aromatic N) is 3. The third-order valence-electron chi connectivity index (χ3n) is 3.19. The second-order valence-corrected chi connectivity index (χ2v) is 5.60. The molecule has 0 bridgehead atoms. The quantitative estimate of drug-likeness (QED) is 0.443. The van der Waals surface area contributed by atoms with Gasteiger partial charge in [-0.15, -0.1) is 0 Å².